The molecule has 0 unspecified atom stereocenters. The van der Waals surface area contributed by atoms with Crippen LogP contribution in [0, 0.1) is 5.92 Å². The maximum Gasteiger partial charge on any atom is 0.203 e. The molecule has 0 atom stereocenters. The molecule has 170 valence electrons. The zero-order chi connectivity index (χ0) is 22.1. The van der Waals surface area contributed by atoms with E-state index in [9.17, 15) is 0 Å². The van der Waals surface area contributed by atoms with Crippen molar-refractivity contribution in [1.82, 2.24) is 15.5 Å². The fraction of sp³-hybridized carbons (Fsp3) is 0.522. The Kier molecular flexibility index (Phi) is 8.85. The number of piperidine rings is 1. The van der Waals surface area contributed by atoms with Crippen LogP contribution in [0.25, 0.3) is 0 Å². The minimum Gasteiger partial charge on any atom is -0.493 e. The van der Waals surface area contributed by atoms with Gasteiger partial charge in [-0.3, -0.25) is 9.89 Å². The summed E-state index contributed by atoms with van der Waals surface area (Å²) < 4.78 is 16.3. The van der Waals surface area contributed by atoms with E-state index < -0.39 is 0 Å². The fourth-order valence-corrected chi connectivity index (χ4v) is 4.60. The number of likely N-dealkylation sites (tertiary alicyclic amines) is 1. The van der Waals surface area contributed by atoms with Crippen molar-refractivity contribution >= 4 is 17.3 Å². The minimum absolute atomic E-state index is 0.599. The molecule has 2 N–H and O–H groups in total. The molecule has 1 saturated heterocycles. The van der Waals surface area contributed by atoms with Crippen molar-refractivity contribution in [2.75, 3.05) is 48.0 Å². The summed E-state index contributed by atoms with van der Waals surface area (Å²) in [5.41, 5.74) is 1.03. The average Bonchev–Trinajstić information content (AvgIpc) is 3.32. The van der Waals surface area contributed by atoms with Crippen molar-refractivity contribution in [2.45, 2.75) is 25.9 Å². The largest absolute Gasteiger partial charge is 0.493 e. The summed E-state index contributed by atoms with van der Waals surface area (Å²) in [5.74, 6) is 3.36. The van der Waals surface area contributed by atoms with Gasteiger partial charge in [0, 0.05) is 31.6 Å². The van der Waals surface area contributed by atoms with Crippen molar-refractivity contribution in [1.29, 1.82) is 0 Å². The molecule has 31 heavy (non-hydrogen) atoms. The third-order valence-electron chi connectivity index (χ3n) is 5.63. The van der Waals surface area contributed by atoms with Gasteiger partial charge in [0.25, 0.3) is 0 Å². The second-order valence-electron chi connectivity index (χ2n) is 7.64. The molecule has 0 saturated carbocycles. The van der Waals surface area contributed by atoms with Crippen molar-refractivity contribution in [3.8, 4) is 17.2 Å². The van der Waals surface area contributed by atoms with E-state index in [0.29, 0.717) is 29.7 Å². The molecule has 1 aliphatic heterocycles. The molecule has 0 radical (unpaired) electrons. The van der Waals surface area contributed by atoms with Gasteiger partial charge >= 0.3 is 0 Å². The highest BCUT2D eigenvalue weighted by molar-refractivity contribution is 7.09. The van der Waals surface area contributed by atoms with E-state index in [0.717, 1.165) is 37.7 Å². The Balaban J connectivity index is 1.45. The SMILES string of the molecule is CN=C(NCc1cc(OC)c(OC)c(OC)c1)NCC1CCN(Cc2cccs2)CC1. The lowest BCUT2D eigenvalue weighted by Crippen LogP contribution is -2.42. The molecular weight excluding hydrogens is 412 g/mol. The Hall–Kier alpha value is -2.45. The number of thiophene rings is 1. The maximum atomic E-state index is 5.44. The van der Waals surface area contributed by atoms with Crippen molar-refractivity contribution in [3.63, 3.8) is 0 Å². The Morgan fingerprint density at radius 2 is 1.81 bits per heavy atom. The first kappa shape index (κ1) is 23.2. The van der Waals surface area contributed by atoms with E-state index in [-0.39, 0.29) is 0 Å². The van der Waals surface area contributed by atoms with Gasteiger partial charge in [-0.1, -0.05) is 6.07 Å². The number of benzene rings is 1. The van der Waals surface area contributed by atoms with E-state index in [1.54, 1.807) is 28.4 Å². The van der Waals surface area contributed by atoms with Gasteiger partial charge in [-0.05, 0) is 61.0 Å². The van der Waals surface area contributed by atoms with Gasteiger partial charge in [-0.25, -0.2) is 0 Å². The Labute approximate surface area is 189 Å². The molecule has 1 aromatic heterocycles. The number of nitrogens with zero attached hydrogens (tertiary/aromatic N) is 2. The quantitative estimate of drug-likeness (QED) is 0.455. The Morgan fingerprint density at radius 3 is 2.35 bits per heavy atom. The van der Waals surface area contributed by atoms with Crippen LogP contribution in [0.5, 0.6) is 17.2 Å². The Morgan fingerprint density at radius 1 is 1.10 bits per heavy atom. The van der Waals surface area contributed by atoms with Crippen LogP contribution in [0.2, 0.25) is 0 Å². The third-order valence-corrected chi connectivity index (χ3v) is 6.49. The van der Waals surface area contributed by atoms with Gasteiger partial charge in [0.15, 0.2) is 17.5 Å². The zero-order valence-electron chi connectivity index (χ0n) is 18.9. The summed E-state index contributed by atoms with van der Waals surface area (Å²) in [6.45, 7) is 4.93. The standard InChI is InChI=1S/C23H34N4O3S/c1-24-23(26-15-18-12-20(28-2)22(30-4)21(13-18)29-3)25-14-17-7-9-27(10-8-17)16-19-6-5-11-31-19/h5-6,11-13,17H,7-10,14-16H2,1-4H3,(H2,24,25,26). The maximum absolute atomic E-state index is 5.44. The molecule has 0 spiro atoms. The Bertz CT molecular complexity index is 808. The van der Waals surface area contributed by atoms with Crippen LogP contribution >= 0.6 is 11.3 Å². The van der Waals surface area contributed by atoms with E-state index in [4.69, 9.17) is 14.2 Å². The summed E-state index contributed by atoms with van der Waals surface area (Å²) in [5, 5.41) is 9.02. The number of aliphatic imine (C=N–C) groups is 1. The smallest absolute Gasteiger partial charge is 0.203 e. The molecule has 2 aromatic rings. The lowest BCUT2D eigenvalue weighted by molar-refractivity contribution is 0.179. The topological polar surface area (TPSA) is 67.4 Å². The zero-order valence-corrected chi connectivity index (χ0v) is 19.8. The van der Waals surface area contributed by atoms with Gasteiger partial charge in [0.2, 0.25) is 5.75 Å². The highest BCUT2D eigenvalue weighted by Gasteiger charge is 2.20. The van der Waals surface area contributed by atoms with Crippen LogP contribution in [0.1, 0.15) is 23.3 Å². The van der Waals surface area contributed by atoms with E-state index in [1.807, 2.05) is 23.5 Å². The normalized spacial score (nSPS) is 15.5. The van der Waals surface area contributed by atoms with Crippen LogP contribution in [-0.4, -0.2) is 58.9 Å². The number of ether oxygens (including phenoxy) is 3. The van der Waals surface area contributed by atoms with Gasteiger partial charge < -0.3 is 24.8 Å². The van der Waals surface area contributed by atoms with Crippen LogP contribution < -0.4 is 24.8 Å². The monoisotopic (exact) mass is 446 g/mol. The molecule has 8 heteroatoms. The molecular formula is C23H34N4O3S. The number of rotatable bonds is 9. The summed E-state index contributed by atoms with van der Waals surface area (Å²) in [4.78, 5) is 8.38. The molecule has 0 aliphatic carbocycles. The summed E-state index contributed by atoms with van der Waals surface area (Å²) in [6.07, 6.45) is 2.42. The molecule has 0 bridgehead atoms. The number of nitrogens with one attached hydrogen (secondary N) is 2. The first-order valence-corrected chi connectivity index (χ1v) is 11.5. The second kappa shape index (κ2) is 11.8. The molecule has 1 aromatic carbocycles. The van der Waals surface area contributed by atoms with Gasteiger partial charge in [0.05, 0.1) is 21.3 Å². The highest BCUT2D eigenvalue weighted by atomic mass is 32.1. The van der Waals surface area contributed by atoms with Gasteiger partial charge in [-0.15, -0.1) is 11.3 Å². The number of methoxy groups -OCH3 is 3. The predicted octanol–water partition coefficient (Wildman–Crippen LogP) is 3.35. The number of guanidine groups is 1. The second-order valence-corrected chi connectivity index (χ2v) is 8.67. The van der Waals surface area contributed by atoms with Crippen molar-refractivity contribution in [3.05, 3.63) is 40.1 Å². The summed E-state index contributed by atoms with van der Waals surface area (Å²) >= 11 is 1.84. The first-order valence-electron chi connectivity index (χ1n) is 10.6. The lowest BCUT2D eigenvalue weighted by Gasteiger charge is -2.32. The molecule has 1 fully saturated rings. The van der Waals surface area contributed by atoms with Crippen LogP contribution in [-0.2, 0) is 13.1 Å². The van der Waals surface area contributed by atoms with Gasteiger partial charge in [-0.2, -0.15) is 0 Å². The molecule has 7 nitrogen and oxygen atoms in total. The van der Waals surface area contributed by atoms with E-state index in [1.165, 1.54) is 17.7 Å². The fourth-order valence-electron chi connectivity index (χ4n) is 3.86. The van der Waals surface area contributed by atoms with Crippen LogP contribution in [0.4, 0.5) is 0 Å². The third kappa shape index (κ3) is 6.51. The number of hydrogen-bond donors (Lipinski definition) is 2. The summed E-state index contributed by atoms with van der Waals surface area (Å²) in [7, 11) is 6.66. The van der Waals surface area contributed by atoms with Crippen LogP contribution in [0.15, 0.2) is 34.6 Å². The van der Waals surface area contributed by atoms with Crippen LogP contribution in [0.3, 0.4) is 0 Å². The molecule has 0 amide bonds. The summed E-state index contributed by atoms with van der Waals surface area (Å²) in [6, 6.07) is 8.26. The first-order chi connectivity index (χ1) is 15.2. The lowest BCUT2D eigenvalue weighted by atomic mass is 9.97. The van der Waals surface area contributed by atoms with E-state index >= 15 is 0 Å². The number of hydrogen-bond acceptors (Lipinski definition) is 6. The predicted molar refractivity (Wildman–Crippen MR) is 127 cm³/mol. The molecule has 3 rings (SSSR count). The molecule has 2 heterocycles. The average molecular weight is 447 g/mol. The highest BCUT2D eigenvalue weighted by Crippen LogP contribution is 2.38. The van der Waals surface area contributed by atoms with Crippen molar-refractivity contribution in [2.24, 2.45) is 10.9 Å². The van der Waals surface area contributed by atoms with Gasteiger partial charge in [0.1, 0.15) is 0 Å². The van der Waals surface area contributed by atoms with Crippen molar-refractivity contribution < 1.29 is 14.2 Å². The molecule has 1 aliphatic rings. The van der Waals surface area contributed by atoms with E-state index in [2.05, 4.69) is 38.0 Å². The minimum atomic E-state index is 0.599.